The lowest BCUT2D eigenvalue weighted by Gasteiger charge is -2.17. The zero-order valence-electron chi connectivity index (χ0n) is 12.4. The van der Waals surface area contributed by atoms with Crippen molar-refractivity contribution in [2.24, 2.45) is 5.41 Å². The fourth-order valence-electron chi connectivity index (χ4n) is 2.99. The van der Waals surface area contributed by atoms with E-state index in [2.05, 4.69) is 9.55 Å². The van der Waals surface area contributed by atoms with E-state index in [-0.39, 0.29) is 5.41 Å². The van der Waals surface area contributed by atoms with Gasteiger partial charge in [-0.1, -0.05) is 6.07 Å². The number of aryl methyl sites for hydroxylation is 1. The van der Waals surface area contributed by atoms with Crippen LogP contribution in [0.1, 0.15) is 35.4 Å². The standard InChI is InChI=1S/C16H20N2O3/c1-11-17-13-5-3-4-12(15(19)20)14(13)18(11)10-16(6-7-16)8-9-21-2/h3-5H,6-10H2,1-2H3,(H,19,20). The molecule has 5 heteroatoms. The van der Waals surface area contributed by atoms with Crippen molar-refractivity contribution in [3.63, 3.8) is 0 Å². The second-order valence-electron chi connectivity index (χ2n) is 5.97. The largest absolute Gasteiger partial charge is 0.478 e. The highest BCUT2D eigenvalue weighted by molar-refractivity contribution is 6.01. The molecule has 21 heavy (non-hydrogen) atoms. The SMILES string of the molecule is COCCC1(Cn2c(C)nc3cccc(C(=O)O)c32)CC1. The highest BCUT2D eigenvalue weighted by Gasteiger charge is 2.43. The van der Waals surface area contributed by atoms with Crippen molar-refractivity contribution in [3.8, 4) is 0 Å². The lowest BCUT2D eigenvalue weighted by molar-refractivity contribution is 0.0698. The molecular formula is C16H20N2O3. The Bertz CT molecular complexity index is 686. The summed E-state index contributed by atoms with van der Waals surface area (Å²) in [6.07, 6.45) is 3.35. The molecule has 3 rings (SSSR count). The van der Waals surface area contributed by atoms with Crippen molar-refractivity contribution >= 4 is 17.0 Å². The maximum absolute atomic E-state index is 11.5. The summed E-state index contributed by atoms with van der Waals surface area (Å²) in [4.78, 5) is 16.0. The van der Waals surface area contributed by atoms with Crippen molar-refractivity contribution in [1.29, 1.82) is 0 Å². The minimum Gasteiger partial charge on any atom is -0.478 e. The summed E-state index contributed by atoms with van der Waals surface area (Å²) in [5.41, 5.74) is 2.08. The van der Waals surface area contributed by atoms with Gasteiger partial charge in [-0.2, -0.15) is 0 Å². The molecule has 1 aromatic heterocycles. The zero-order valence-corrected chi connectivity index (χ0v) is 12.4. The summed E-state index contributed by atoms with van der Waals surface area (Å²) in [6, 6.07) is 5.28. The Hall–Kier alpha value is -1.88. The monoisotopic (exact) mass is 288 g/mol. The Morgan fingerprint density at radius 1 is 1.48 bits per heavy atom. The number of methoxy groups -OCH3 is 1. The highest BCUT2D eigenvalue weighted by Crippen LogP contribution is 2.50. The predicted octanol–water partition coefficient (Wildman–Crippen LogP) is 2.86. The maximum Gasteiger partial charge on any atom is 0.337 e. The Labute approximate surface area is 123 Å². The number of aromatic carboxylic acids is 1. The number of carbonyl (C=O) groups is 1. The van der Waals surface area contributed by atoms with Crippen molar-refractivity contribution in [2.75, 3.05) is 13.7 Å². The summed E-state index contributed by atoms with van der Waals surface area (Å²) in [7, 11) is 1.72. The topological polar surface area (TPSA) is 64.4 Å². The Kier molecular flexibility index (Phi) is 3.45. The number of hydrogen-bond donors (Lipinski definition) is 1. The van der Waals surface area contributed by atoms with E-state index in [4.69, 9.17) is 4.74 Å². The van der Waals surface area contributed by atoms with Crippen molar-refractivity contribution in [3.05, 3.63) is 29.6 Å². The number of carboxylic acid groups (broad SMARTS) is 1. The quantitative estimate of drug-likeness (QED) is 0.887. The van der Waals surface area contributed by atoms with Crippen LogP contribution >= 0.6 is 0 Å². The minimum atomic E-state index is -0.900. The number of ether oxygens (including phenoxy) is 1. The predicted molar refractivity (Wildman–Crippen MR) is 79.6 cm³/mol. The van der Waals surface area contributed by atoms with E-state index in [9.17, 15) is 9.90 Å². The molecule has 0 atom stereocenters. The van der Waals surface area contributed by atoms with Crippen LogP contribution < -0.4 is 0 Å². The van der Waals surface area contributed by atoms with Gasteiger partial charge in [0.1, 0.15) is 5.82 Å². The third-order valence-corrected chi connectivity index (χ3v) is 4.48. The second kappa shape index (κ2) is 5.15. The smallest absolute Gasteiger partial charge is 0.337 e. The minimum absolute atomic E-state index is 0.250. The van der Waals surface area contributed by atoms with Crippen LogP contribution in [0.5, 0.6) is 0 Å². The van der Waals surface area contributed by atoms with Gasteiger partial charge in [0.25, 0.3) is 0 Å². The Morgan fingerprint density at radius 2 is 2.24 bits per heavy atom. The number of carboxylic acids is 1. The molecular weight excluding hydrogens is 268 g/mol. The molecule has 112 valence electrons. The summed E-state index contributed by atoms with van der Waals surface area (Å²) in [5.74, 6) is -0.0223. The summed E-state index contributed by atoms with van der Waals surface area (Å²) in [6.45, 7) is 3.51. The molecule has 2 aromatic rings. The van der Waals surface area contributed by atoms with Gasteiger partial charge in [0.05, 0.1) is 16.6 Å². The maximum atomic E-state index is 11.5. The van der Waals surface area contributed by atoms with E-state index in [1.165, 1.54) is 12.8 Å². The summed E-state index contributed by atoms with van der Waals surface area (Å²) in [5, 5.41) is 9.41. The van der Waals surface area contributed by atoms with Crippen LogP contribution in [-0.2, 0) is 11.3 Å². The number of nitrogens with zero attached hydrogens (tertiary/aromatic N) is 2. The van der Waals surface area contributed by atoms with E-state index >= 15 is 0 Å². The van der Waals surface area contributed by atoms with Crippen LogP contribution in [0.15, 0.2) is 18.2 Å². The number of benzene rings is 1. The normalized spacial score (nSPS) is 16.3. The number of aromatic nitrogens is 2. The first kappa shape index (κ1) is 14.1. The van der Waals surface area contributed by atoms with Crippen LogP contribution in [0.4, 0.5) is 0 Å². The molecule has 0 bridgehead atoms. The molecule has 1 fully saturated rings. The number of rotatable bonds is 6. The molecule has 0 aliphatic heterocycles. The molecule has 0 spiro atoms. The van der Waals surface area contributed by atoms with E-state index < -0.39 is 5.97 Å². The average molecular weight is 288 g/mol. The number of imidazole rings is 1. The van der Waals surface area contributed by atoms with E-state index in [1.54, 1.807) is 19.2 Å². The first-order chi connectivity index (χ1) is 10.1. The molecule has 1 aliphatic carbocycles. The van der Waals surface area contributed by atoms with E-state index in [0.29, 0.717) is 5.56 Å². The van der Waals surface area contributed by atoms with Crippen LogP contribution in [0.2, 0.25) is 0 Å². The Morgan fingerprint density at radius 3 is 2.86 bits per heavy atom. The van der Waals surface area contributed by atoms with Gasteiger partial charge in [-0.3, -0.25) is 0 Å². The Balaban J connectivity index is 2.02. The summed E-state index contributed by atoms with van der Waals surface area (Å²) < 4.78 is 7.27. The van der Waals surface area contributed by atoms with Crippen LogP contribution in [0.3, 0.4) is 0 Å². The van der Waals surface area contributed by atoms with Gasteiger partial charge in [-0.25, -0.2) is 9.78 Å². The molecule has 0 amide bonds. The zero-order chi connectivity index (χ0) is 15.0. The second-order valence-corrected chi connectivity index (χ2v) is 5.97. The number of hydrogen-bond acceptors (Lipinski definition) is 3. The van der Waals surface area contributed by atoms with Crippen LogP contribution in [-0.4, -0.2) is 34.3 Å². The molecule has 1 heterocycles. The van der Waals surface area contributed by atoms with Crippen molar-refractivity contribution in [2.45, 2.75) is 32.7 Å². The first-order valence-electron chi connectivity index (χ1n) is 7.24. The molecule has 5 nitrogen and oxygen atoms in total. The van der Waals surface area contributed by atoms with E-state index in [0.717, 1.165) is 36.4 Å². The lowest BCUT2D eigenvalue weighted by atomic mass is 10.0. The molecule has 0 unspecified atom stereocenters. The van der Waals surface area contributed by atoms with Gasteiger partial charge in [-0.05, 0) is 43.7 Å². The van der Waals surface area contributed by atoms with Gasteiger partial charge in [0, 0.05) is 20.3 Å². The van der Waals surface area contributed by atoms with Gasteiger partial charge >= 0.3 is 5.97 Å². The van der Waals surface area contributed by atoms with Crippen molar-refractivity contribution < 1.29 is 14.6 Å². The number of fused-ring (bicyclic) bond motifs is 1. The molecule has 0 radical (unpaired) electrons. The molecule has 1 aromatic carbocycles. The number of para-hydroxylation sites is 1. The average Bonchev–Trinajstić information content (AvgIpc) is 3.15. The van der Waals surface area contributed by atoms with Crippen molar-refractivity contribution in [1.82, 2.24) is 9.55 Å². The fraction of sp³-hybridized carbons (Fsp3) is 0.500. The van der Waals surface area contributed by atoms with Gasteiger partial charge in [0.2, 0.25) is 0 Å². The first-order valence-corrected chi connectivity index (χ1v) is 7.24. The molecule has 1 aliphatic rings. The molecule has 1 N–H and O–H groups in total. The van der Waals surface area contributed by atoms with Crippen LogP contribution in [0, 0.1) is 12.3 Å². The third kappa shape index (κ3) is 2.53. The molecule has 0 saturated heterocycles. The third-order valence-electron chi connectivity index (χ3n) is 4.48. The molecule has 1 saturated carbocycles. The van der Waals surface area contributed by atoms with Gasteiger partial charge in [-0.15, -0.1) is 0 Å². The summed E-state index contributed by atoms with van der Waals surface area (Å²) >= 11 is 0. The lowest BCUT2D eigenvalue weighted by Crippen LogP contribution is -2.16. The highest BCUT2D eigenvalue weighted by atomic mass is 16.5. The van der Waals surface area contributed by atoms with E-state index in [1.807, 2.05) is 13.0 Å². The van der Waals surface area contributed by atoms with Crippen LogP contribution in [0.25, 0.3) is 11.0 Å². The fourth-order valence-corrected chi connectivity index (χ4v) is 2.99. The van der Waals surface area contributed by atoms with Gasteiger partial charge < -0.3 is 14.4 Å². The van der Waals surface area contributed by atoms with Gasteiger partial charge in [0.15, 0.2) is 0 Å².